The lowest BCUT2D eigenvalue weighted by molar-refractivity contribution is -0.137. The molecular weight excluding hydrogens is 357 g/mol. The minimum absolute atomic E-state index is 0.0786. The van der Waals surface area contributed by atoms with Gasteiger partial charge in [-0.05, 0) is 25.3 Å². The van der Waals surface area contributed by atoms with Crippen LogP contribution in [-0.2, 0) is 12.7 Å². The number of hydrogen-bond acceptors (Lipinski definition) is 3. The second-order valence-corrected chi connectivity index (χ2v) is 6.45. The fourth-order valence-electron chi connectivity index (χ4n) is 2.43. The minimum Gasteiger partial charge on any atom is -0.357 e. The zero-order chi connectivity index (χ0) is 18.2. The number of aromatic nitrogens is 3. The molecule has 0 bridgehead atoms. The highest BCUT2D eigenvalue weighted by Gasteiger charge is 2.33. The maximum absolute atomic E-state index is 13.0. The molecule has 2 heterocycles. The van der Waals surface area contributed by atoms with Gasteiger partial charge in [0, 0.05) is 18.8 Å². The highest BCUT2D eigenvalue weighted by atomic mass is 35.5. The smallest absolute Gasteiger partial charge is 0.357 e. The first-order valence-corrected chi connectivity index (χ1v) is 8.32. The lowest BCUT2D eigenvalue weighted by Crippen LogP contribution is -2.39. The van der Waals surface area contributed by atoms with Gasteiger partial charge in [-0.1, -0.05) is 18.5 Å². The van der Waals surface area contributed by atoms with Crippen LogP contribution in [0.2, 0.25) is 5.02 Å². The SMILES string of the molecule is CCNC(=NCc1nnc2c(Cl)cc(C(F)(F)F)cn12)NC1CC1C. The molecule has 2 N–H and O–H groups in total. The lowest BCUT2D eigenvalue weighted by Gasteiger charge is -2.11. The summed E-state index contributed by atoms with van der Waals surface area (Å²) < 4.78 is 40.2. The number of nitrogens with zero attached hydrogens (tertiary/aromatic N) is 4. The highest BCUT2D eigenvalue weighted by molar-refractivity contribution is 6.33. The van der Waals surface area contributed by atoms with E-state index in [-0.39, 0.29) is 23.0 Å². The van der Waals surface area contributed by atoms with E-state index in [0.717, 1.165) is 18.7 Å². The largest absolute Gasteiger partial charge is 0.417 e. The first-order valence-electron chi connectivity index (χ1n) is 7.94. The van der Waals surface area contributed by atoms with Crippen molar-refractivity contribution in [3.05, 3.63) is 28.7 Å². The van der Waals surface area contributed by atoms with Crippen molar-refractivity contribution in [3.8, 4) is 0 Å². The van der Waals surface area contributed by atoms with Crippen LogP contribution in [0.1, 0.15) is 31.7 Å². The lowest BCUT2D eigenvalue weighted by atomic mass is 10.3. The summed E-state index contributed by atoms with van der Waals surface area (Å²) in [7, 11) is 0. The fraction of sp³-hybridized carbons (Fsp3) is 0.533. The average Bonchev–Trinajstić information content (AvgIpc) is 3.06. The van der Waals surface area contributed by atoms with E-state index in [2.05, 4.69) is 32.7 Å². The number of fused-ring (bicyclic) bond motifs is 1. The van der Waals surface area contributed by atoms with Crippen molar-refractivity contribution in [1.29, 1.82) is 0 Å². The summed E-state index contributed by atoms with van der Waals surface area (Å²) >= 11 is 5.90. The van der Waals surface area contributed by atoms with E-state index in [1.54, 1.807) is 0 Å². The van der Waals surface area contributed by atoms with Crippen LogP contribution >= 0.6 is 11.6 Å². The summed E-state index contributed by atoms with van der Waals surface area (Å²) in [5.74, 6) is 1.47. The van der Waals surface area contributed by atoms with Gasteiger partial charge in [0.25, 0.3) is 0 Å². The van der Waals surface area contributed by atoms with E-state index in [1.165, 1.54) is 4.40 Å². The number of halogens is 4. The number of hydrogen-bond donors (Lipinski definition) is 2. The zero-order valence-electron chi connectivity index (χ0n) is 13.7. The second kappa shape index (κ2) is 6.70. The summed E-state index contributed by atoms with van der Waals surface area (Å²) in [4.78, 5) is 4.39. The minimum atomic E-state index is -4.50. The third kappa shape index (κ3) is 3.97. The van der Waals surface area contributed by atoms with Crippen LogP contribution in [0.3, 0.4) is 0 Å². The molecule has 2 unspecified atom stereocenters. The number of rotatable bonds is 4. The van der Waals surface area contributed by atoms with Crippen molar-refractivity contribution in [3.63, 3.8) is 0 Å². The van der Waals surface area contributed by atoms with Gasteiger partial charge in [-0.25, -0.2) is 4.99 Å². The Bertz CT molecular complexity index is 800. The monoisotopic (exact) mass is 374 g/mol. The van der Waals surface area contributed by atoms with E-state index in [4.69, 9.17) is 11.6 Å². The molecule has 1 aliphatic rings. The number of nitrogens with one attached hydrogen (secondary N) is 2. The van der Waals surface area contributed by atoms with Gasteiger partial charge in [-0.2, -0.15) is 13.2 Å². The van der Waals surface area contributed by atoms with Gasteiger partial charge in [0.05, 0.1) is 10.6 Å². The van der Waals surface area contributed by atoms with Gasteiger partial charge in [0.15, 0.2) is 17.4 Å². The first-order chi connectivity index (χ1) is 11.8. The van der Waals surface area contributed by atoms with E-state index < -0.39 is 11.7 Å². The van der Waals surface area contributed by atoms with Crippen LogP contribution in [0, 0.1) is 5.92 Å². The molecule has 10 heteroatoms. The standard InChI is InChI=1S/C15H18ClF3N6/c1-3-20-14(22-11-4-8(11)2)21-6-12-23-24-13-10(16)5-9(7-25(12)13)15(17,18)19/h5,7-8,11H,3-4,6H2,1-2H3,(H2,20,21,22). The maximum atomic E-state index is 13.0. The molecule has 2 atom stereocenters. The molecule has 0 saturated heterocycles. The van der Waals surface area contributed by atoms with Crippen molar-refractivity contribution in [2.75, 3.05) is 6.54 Å². The molecule has 1 fully saturated rings. The third-order valence-corrected chi connectivity index (χ3v) is 4.29. The molecule has 1 aliphatic carbocycles. The van der Waals surface area contributed by atoms with Crippen LogP contribution in [0.15, 0.2) is 17.3 Å². The highest BCUT2D eigenvalue weighted by Crippen LogP contribution is 2.32. The van der Waals surface area contributed by atoms with Crippen molar-refractivity contribution in [2.24, 2.45) is 10.9 Å². The molecule has 0 spiro atoms. The Kier molecular flexibility index (Phi) is 4.77. The Morgan fingerprint density at radius 1 is 1.44 bits per heavy atom. The van der Waals surface area contributed by atoms with Crippen LogP contribution < -0.4 is 10.6 Å². The molecule has 0 amide bonds. The van der Waals surface area contributed by atoms with E-state index in [1.807, 2.05) is 6.92 Å². The van der Waals surface area contributed by atoms with Gasteiger partial charge < -0.3 is 10.6 Å². The quantitative estimate of drug-likeness (QED) is 0.638. The van der Waals surface area contributed by atoms with E-state index in [0.29, 0.717) is 24.5 Å². The molecule has 0 aliphatic heterocycles. The summed E-state index contributed by atoms with van der Waals surface area (Å²) in [5.41, 5.74) is -0.680. The normalized spacial score (nSPS) is 20.8. The van der Waals surface area contributed by atoms with Crippen molar-refractivity contribution in [2.45, 2.75) is 39.0 Å². The molecule has 3 rings (SSSR count). The first kappa shape index (κ1) is 17.8. The summed E-state index contributed by atoms with van der Waals surface area (Å²) in [6.07, 6.45) is -2.49. The van der Waals surface area contributed by atoms with Gasteiger partial charge in [0.1, 0.15) is 6.54 Å². The number of guanidine groups is 1. The van der Waals surface area contributed by atoms with Crippen molar-refractivity contribution < 1.29 is 13.2 Å². The molecule has 2 aromatic heterocycles. The van der Waals surface area contributed by atoms with Crippen LogP contribution in [0.5, 0.6) is 0 Å². The van der Waals surface area contributed by atoms with Crippen molar-refractivity contribution >= 4 is 23.2 Å². The molecular formula is C15H18ClF3N6. The fourth-order valence-corrected chi connectivity index (χ4v) is 2.68. The Morgan fingerprint density at radius 3 is 2.76 bits per heavy atom. The second-order valence-electron chi connectivity index (χ2n) is 6.04. The Labute approximate surface area is 147 Å². The Balaban J connectivity index is 1.87. The number of aliphatic imine (C=N–C) groups is 1. The Hall–Kier alpha value is -2.03. The van der Waals surface area contributed by atoms with Gasteiger partial charge in [-0.15, -0.1) is 10.2 Å². The summed E-state index contributed by atoms with van der Waals surface area (Å²) in [6, 6.07) is 1.22. The number of alkyl halides is 3. The predicted octanol–water partition coefficient (Wildman–Crippen LogP) is 2.87. The predicted molar refractivity (Wildman–Crippen MR) is 88.5 cm³/mol. The number of pyridine rings is 1. The molecule has 0 aromatic carbocycles. The van der Waals surface area contributed by atoms with Crippen LogP contribution in [-0.4, -0.2) is 33.1 Å². The van der Waals surface area contributed by atoms with Gasteiger partial charge >= 0.3 is 6.18 Å². The molecule has 0 radical (unpaired) electrons. The van der Waals surface area contributed by atoms with E-state index >= 15 is 0 Å². The van der Waals surface area contributed by atoms with Crippen LogP contribution in [0.4, 0.5) is 13.2 Å². The third-order valence-electron chi connectivity index (χ3n) is 4.01. The van der Waals surface area contributed by atoms with E-state index in [9.17, 15) is 13.2 Å². The van der Waals surface area contributed by atoms with Crippen LogP contribution in [0.25, 0.3) is 5.65 Å². The zero-order valence-corrected chi connectivity index (χ0v) is 14.5. The topological polar surface area (TPSA) is 66.6 Å². The molecule has 25 heavy (non-hydrogen) atoms. The molecule has 6 nitrogen and oxygen atoms in total. The Morgan fingerprint density at radius 2 is 2.16 bits per heavy atom. The van der Waals surface area contributed by atoms with Crippen molar-refractivity contribution in [1.82, 2.24) is 25.2 Å². The summed E-state index contributed by atoms with van der Waals surface area (Å²) in [5, 5.41) is 14.1. The van der Waals surface area contributed by atoms with Gasteiger partial charge in [0.2, 0.25) is 0 Å². The molecule has 136 valence electrons. The maximum Gasteiger partial charge on any atom is 0.417 e. The molecule has 2 aromatic rings. The molecule has 1 saturated carbocycles. The van der Waals surface area contributed by atoms with Gasteiger partial charge in [-0.3, -0.25) is 4.40 Å². The summed E-state index contributed by atoms with van der Waals surface area (Å²) in [6.45, 7) is 4.83. The average molecular weight is 375 g/mol.